The van der Waals surface area contributed by atoms with Gasteiger partial charge in [-0.3, -0.25) is 0 Å². The molecule has 0 amide bonds. The first-order valence-corrected chi connectivity index (χ1v) is 5.77. The number of ether oxygens (including phenoxy) is 1. The molecule has 2 rings (SSSR count). The zero-order chi connectivity index (χ0) is 12.3. The molecule has 2 aromatic rings. The molecule has 0 N–H and O–H groups in total. The lowest BCUT2D eigenvalue weighted by atomic mass is 10.3. The lowest BCUT2D eigenvalue weighted by Crippen LogP contribution is -2.02. The van der Waals surface area contributed by atoms with Gasteiger partial charge in [0.05, 0.1) is 0 Å². The monoisotopic (exact) mass is 268 g/mol. The van der Waals surface area contributed by atoms with Crippen LogP contribution in [-0.2, 0) is 6.61 Å². The molecule has 17 heavy (non-hydrogen) atoms. The van der Waals surface area contributed by atoms with Crippen LogP contribution in [0.4, 0.5) is 0 Å². The summed E-state index contributed by atoms with van der Waals surface area (Å²) in [5.74, 6) is 1.27. The number of aryl methyl sites for hydroxylation is 1. The standard InChI is InChI=1S/C12H10Cl2N2O/c1-8-6-15-11(16-12(8)14)7-17-10-4-2-9(13)3-5-10/h2-6H,7H2,1H3. The number of hydrogen-bond acceptors (Lipinski definition) is 3. The second-order valence-electron chi connectivity index (χ2n) is 3.50. The Balaban J connectivity index is 2.02. The molecule has 0 fully saturated rings. The van der Waals surface area contributed by atoms with E-state index in [0.717, 1.165) is 11.3 Å². The maximum atomic E-state index is 5.89. The summed E-state index contributed by atoms with van der Waals surface area (Å²) in [7, 11) is 0. The van der Waals surface area contributed by atoms with Crippen molar-refractivity contribution in [3.05, 3.63) is 52.0 Å². The molecule has 0 atom stereocenters. The summed E-state index contributed by atoms with van der Waals surface area (Å²) in [4.78, 5) is 8.23. The van der Waals surface area contributed by atoms with Crippen molar-refractivity contribution in [1.82, 2.24) is 9.97 Å². The molecule has 0 unspecified atom stereocenters. The summed E-state index contributed by atoms with van der Waals surface area (Å²) in [6.07, 6.45) is 1.68. The third-order valence-corrected chi connectivity index (χ3v) is 2.78. The second-order valence-corrected chi connectivity index (χ2v) is 4.30. The van der Waals surface area contributed by atoms with Crippen molar-refractivity contribution in [2.24, 2.45) is 0 Å². The second kappa shape index (κ2) is 5.34. The van der Waals surface area contributed by atoms with E-state index in [9.17, 15) is 0 Å². The number of hydrogen-bond donors (Lipinski definition) is 0. The number of halogens is 2. The van der Waals surface area contributed by atoms with E-state index in [4.69, 9.17) is 27.9 Å². The van der Waals surface area contributed by atoms with Crippen molar-refractivity contribution in [3.8, 4) is 5.75 Å². The van der Waals surface area contributed by atoms with E-state index in [0.29, 0.717) is 16.0 Å². The SMILES string of the molecule is Cc1cnc(COc2ccc(Cl)cc2)nc1Cl. The van der Waals surface area contributed by atoms with Gasteiger partial charge in [-0.25, -0.2) is 9.97 Å². The smallest absolute Gasteiger partial charge is 0.167 e. The summed E-state index contributed by atoms with van der Waals surface area (Å²) in [6, 6.07) is 7.11. The minimum Gasteiger partial charge on any atom is -0.486 e. The van der Waals surface area contributed by atoms with Crippen molar-refractivity contribution >= 4 is 23.2 Å². The molecule has 0 bridgehead atoms. The maximum absolute atomic E-state index is 5.89. The summed E-state index contributed by atoms with van der Waals surface area (Å²) in [5.41, 5.74) is 0.849. The van der Waals surface area contributed by atoms with Crippen molar-refractivity contribution in [3.63, 3.8) is 0 Å². The van der Waals surface area contributed by atoms with Crippen LogP contribution >= 0.6 is 23.2 Å². The van der Waals surface area contributed by atoms with Crippen molar-refractivity contribution in [2.75, 3.05) is 0 Å². The molecule has 1 heterocycles. The number of benzene rings is 1. The molecule has 1 aromatic carbocycles. The van der Waals surface area contributed by atoms with Crippen LogP contribution in [0.25, 0.3) is 0 Å². The first kappa shape index (κ1) is 12.1. The van der Waals surface area contributed by atoms with Crippen molar-refractivity contribution in [2.45, 2.75) is 13.5 Å². The van der Waals surface area contributed by atoms with Crippen LogP contribution in [0.1, 0.15) is 11.4 Å². The minimum absolute atomic E-state index is 0.279. The fraction of sp³-hybridized carbons (Fsp3) is 0.167. The fourth-order valence-electron chi connectivity index (χ4n) is 1.20. The molecule has 0 radical (unpaired) electrons. The van der Waals surface area contributed by atoms with Gasteiger partial charge in [0, 0.05) is 16.8 Å². The first-order valence-electron chi connectivity index (χ1n) is 5.01. The van der Waals surface area contributed by atoms with E-state index in [1.807, 2.05) is 6.92 Å². The molecule has 0 aliphatic rings. The van der Waals surface area contributed by atoms with Gasteiger partial charge >= 0.3 is 0 Å². The van der Waals surface area contributed by atoms with E-state index in [1.165, 1.54) is 0 Å². The van der Waals surface area contributed by atoms with Gasteiger partial charge in [-0.15, -0.1) is 0 Å². The molecule has 5 heteroatoms. The number of aromatic nitrogens is 2. The molecular formula is C12H10Cl2N2O. The predicted molar refractivity (Wildman–Crippen MR) is 67.6 cm³/mol. The number of nitrogens with zero attached hydrogens (tertiary/aromatic N) is 2. The Morgan fingerprint density at radius 3 is 2.53 bits per heavy atom. The van der Waals surface area contributed by atoms with Crippen LogP contribution in [0.3, 0.4) is 0 Å². The largest absolute Gasteiger partial charge is 0.486 e. The Labute approximate surface area is 109 Å². The normalized spacial score (nSPS) is 10.3. The lowest BCUT2D eigenvalue weighted by molar-refractivity contribution is 0.295. The Morgan fingerprint density at radius 2 is 1.88 bits per heavy atom. The molecule has 0 aliphatic carbocycles. The Bertz CT molecular complexity index is 514. The van der Waals surface area contributed by atoms with Gasteiger partial charge < -0.3 is 4.74 Å². The van der Waals surface area contributed by atoms with E-state index in [2.05, 4.69) is 9.97 Å². The summed E-state index contributed by atoms with van der Waals surface area (Å²) >= 11 is 11.7. The van der Waals surface area contributed by atoms with Crippen molar-refractivity contribution in [1.29, 1.82) is 0 Å². The Hall–Kier alpha value is -1.32. The van der Waals surface area contributed by atoms with Gasteiger partial charge in [0.2, 0.25) is 0 Å². The van der Waals surface area contributed by atoms with Crippen LogP contribution in [-0.4, -0.2) is 9.97 Å². The van der Waals surface area contributed by atoms with E-state index >= 15 is 0 Å². The average Bonchev–Trinajstić information content (AvgIpc) is 2.33. The summed E-state index contributed by atoms with van der Waals surface area (Å²) in [5, 5.41) is 1.13. The topological polar surface area (TPSA) is 35.0 Å². The maximum Gasteiger partial charge on any atom is 0.167 e. The molecule has 0 spiro atoms. The number of rotatable bonds is 3. The zero-order valence-corrected chi connectivity index (χ0v) is 10.7. The highest BCUT2D eigenvalue weighted by atomic mass is 35.5. The lowest BCUT2D eigenvalue weighted by Gasteiger charge is -2.05. The fourth-order valence-corrected chi connectivity index (χ4v) is 1.48. The van der Waals surface area contributed by atoms with Crippen molar-refractivity contribution < 1.29 is 4.74 Å². The van der Waals surface area contributed by atoms with Gasteiger partial charge in [0.25, 0.3) is 0 Å². The quantitative estimate of drug-likeness (QED) is 0.797. The third kappa shape index (κ3) is 3.32. The molecular weight excluding hydrogens is 259 g/mol. The van der Waals surface area contributed by atoms with Gasteiger partial charge in [0.15, 0.2) is 5.82 Å². The van der Waals surface area contributed by atoms with E-state index < -0.39 is 0 Å². The van der Waals surface area contributed by atoms with Crippen LogP contribution < -0.4 is 4.74 Å². The van der Waals surface area contributed by atoms with Gasteiger partial charge in [-0.05, 0) is 31.2 Å². The van der Waals surface area contributed by atoms with Gasteiger partial charge in [-0.2, -0.15) is 0 Å². The predicted octanol–water partition coefficient (Wildman–Crippen LogP) is 3.67. The van der Waals surface area contributed by atoms with Crippen LogP contribution in [0.15, 0.2) is 30.5 Å². The molecule has 0 saturated carbocycles. The Morgan fingerprint density at radius 1 is 1.18 bits per heavy atom. The average molecular weight is 269 g/mol. The molecule has 88 valence electrons. The highest BCUT2D eigenvalue weighted by Gasteiger charge is 2.02. The molecule has 1 aromatic heterocycles. The molecule has 0 aliphatic heterocycles. The molecule has 0 saturated heterocycles. The molecule has 3 nitrogen and oxygen atoms in total. The minimum atomic E-state index is 0.279. The summed E-state index contributed by atoms with van der Waals surface area (Å²) < 4.78 is 5.50. The highest BCUT2D eigenvalue weighted by Crippen LogP contribution is 2.17. The zero-order valence-electron chi connectivity index (χ0n) is 9.15. The van der Waals surface area contributed by atoms with Crippen LogP contribution in [0, 0.1) is 6.92 Å². The van der Waals surface area contributed by atoms with Gasteiger partial charge in [-0.1, -0.05) is 23.2 Å². The first-order chi connectivity index (χ1) is 8.15. The van der Waals surface area contributed by atoms with E-state index in [-0.39, 0.29) is 6.61 Å². The Kier molecular flexibility index (Phi) is 3.82. The van der Waals surface area contributed by atoms with Crippen LogP contribution in [0.2, 0.25) is 10.2 Å². The van der Waals surface area contributed by atoms with Gasteiger partial charge in [0.1, 0.15) is 17.5 Å². The van der Waals surface area contributed by atoms with Crippen LogP contribution in [0.5, 0.6) is 5.75 Å². The van der Waals surface area contributed by atoms with E-state index in [1.54, 1.807) is 30.5 Å². The summed E-state index contributed by atoms with van der Waals surface area (Å²) in [6.45, 7) is 2.13. The highest BCUT2D eigenvalue weighted by molar-refractivity contribution is 6.30. The third-order valence-electron chi connectivity index (χ3n) is 2.14.